The van der Waals surface area contributed by atoms with Crippen molar-refractivity contribution in [2.75, 3.05) is 18.4 Å². The molecule has 0 spiro atoms. The lowest BCUT2D eigenvalue weighted by molar-refractivity contribution is 0.390. The van der Waals surface area contributed by atoms with Gasteiger partial charge >= 0.3 is 0 Å². The molecular formula is C20H20BrClN6O3S. The van der Waals surface area contributed by atoms with Crippen molar-refractivity contribution in [3.8, 4) is 11.3 Å². The predicted octanol–water partition coefficient (Wildman–Crippen LogP) is 4.20. The van der Waals surface area contributed by atoms with E-state index >= 15 is 0 Å². The highest BCUT2D eigenvalue weighted by atomic mass is 79.9. The molecule has 4 aromatic rings. The summed E-state index contributed by atoms with van der Waals surface area (Å²) in [5.41, 5.74) is 2.48. The Morgan fingerprint density at radius 1 is 1.22 bits per heavy atom. The van der Waals surface area contributed by atoms with Gasteiger partial charge in [0.25, 0.3) is 0 Å². The SMILES string of the molecule is Cc1noc(C)c1S(=O)(=O)NCCCNc1cc(-c2ccccc2Cl)nc2c(Br)cnn12. The van der Waals surface area contributed by atoms with Crippen LogP contribution in [0.25, 0.3) is 16.9 Å². The van der Waals surface area contributed by atoms with Crippen LogP contribution in [-0.2, 0) is 10.0 Å². The fraction of sp³-hybridized carbons (Fsp3) is 0.250. The molecule has 0 radical (unpaired) electrons. The second-order valence-electron chi connectivity index (χ2n) is 7.07. The molecule has 0 aliphatic carbocycles. The molecule has 0 saturated carbocycles. The number of rotatable bonds is 8. The normalized spacial score (nSPS) is 11.9. The summed E-state index contributed by atoms with van der Waals surface area (Å²) in [6.45, 7) is 3.92. The highest BCUT2D eigenvalue weighted by Gasteiger charge is 2.23. The van der Waals surface area contributed by atoms with Gasteiger partial charge in [-0.2, -0.15) is 9.61 Å². The van der Waals surface area contributed by atoms with Crippen LogP contribution in [-0.4, -0.2) is 41.3 Å². The quantitative estimate of drug-likeness (QED) is 0.323. The Balaban J connectivity index is 1.47. The van der Waals surface area contributed by atoms with Gasteiger partial charge < -0.3 is 9.84 Å². The molecule has 9 nitrogen and oxygen atoms in total. The van der Waals surface area contributed by atoms with E-state index in [1.54, 1.807) is 24.6 Å². The third-order valence-corrected chi connectivity index (χ3v) is 7.36. The molecule has 0 atom stereocenters. The number of aromatic nitrogens is 4. The molecule has 168 valence electrons. The first kappa shape index (κ1) is 22.7. The number of hydrogen-bond donors (Lipinski definition) is 2. The van der Waals surface area contributed by atoms with Crippen LogP contribution < -0.4 is 10.0 Å². The molecule has 3 aromatic heterocycles. The Bertz CT molecular complexity index is 1370. The lowest BCUT2D eigenvalue weighted by atomic mass is 10.1. The zero-order chi connectivity index (χ0) is 22.9. The zero-order valence-electron chi connectivity index (χ0n) is 17.3. The van der Waals surface area contributed by atoms with Crippen molar-refractivity contribution < 1.29 is 12.9 Å². The second-order valence-corrected chi connectivity index (χ2v) is 10.0. The van der Waals surface area contributed by atoms with E-state index in [0.29, 0.717) is 40.8 Å². The van der Waals surface area contributed by atoms with Crippen LogP contribution in [0, 0.1) is 13.8 Å². The Kier molecular flexibility index (Phi) is 6.52. The molecule has 32 heavy (non-hydrogen) atoms. The smallest absolute Gasteiger partial charge is 0.245 e. The Morgan fingerprint density at radius 3 is 2.72 bits per heavy atom. The monoisotopic (exact) mass is 538 g/mol. The van der Waals surface area contributed by atoms with Crippen LogP contribution in [0.15, 0.2) is 50.4 Å². The molecule has 0 bridgehead atoms. The molecule has 0 unspecified atom stereocenters. The maximum Gasteiger partial charge on any atom is 0.245 e. The van der Waals surface area contributed by atoms with Gasteiger partial charge in [-0.15, -0.1) is 0 Å². The van der Waals surface area contributed by atoms with Gasteiger partial charge in [0.05, 0.1) is 16.4 Å². The standard InChI is InChI=1S/C20H20BrClN6O3S/c1-12-19(13(2)31-27-12)32(29,30)25-9-5-8-23-18-10-17(14-6-3-4-7-16(14)22)26-20-15(21)11-24-28(18)20/h3-4,6-7,10-11,23,25H,5,8-9H2,1-2H3. The molecule has 12 heteroatoms. The molecular weight excluding hydrogens is 520 g/mol. The first-order valence-electron chi connectivity index (χ1n) is 9.73. The van der Waals surface area contributed by atoms with Crippen LogP contribution in [0.5, 0.6) is 0 Å². The number of hydrogen-bond acceptors (Lipinski definition) is 7. The molecule has 3 heterocycles. The van der Waals surface area contributed by atoms with Crippen molar-refractivity contribution in [1.29, 1.82) is 0 Å². The molecule has 0 aliphatic rings. The van der Waals surface area contributed by atoms with Gasteiger partial charge in [0.2, 0.25) is 10.0 Å². The number of anilines is 1. The van der Waals surface area contributed by atoms with E-state index in [9.17, 15) is 8.42 Å². The first-order valence-corrected chi connectivity index (χ1v) is 12.4. The van der Waals surface area contributed by atoms with Gasteiger partial charge in [0, 0.05) is 29.7 Å². The van der Waals surface area contributed by atoms with Crippen molar-refractivity contribution in [3.05, 3.63) is 57.5 Å². The highest BCUT2D eigenvalue weighted by Crippen LogP contribution is 2.30. The number of fused-ring (bicyclic) bond motifs is 1. The summed E-state index contributed by atoms with van der Waals surface area (Å²) in [7, 11) is -3.68. The number of benzene rings is 1. The Labute approximate surface area is 198 Å². The van der Waals surface area contributed by atoms with Gasteiger partial charge in [-0.1, -0.05) is 35.0 Å². The van der Waals surface area contributed by atoms with E-state index < -0.39 is 10.0 Å². The van der Waals surface area contributed by atoms with Gasteiger partial charge in [-0.25, -0.2) is 18.1 Å². The Morgan fingerprint density at radius 2 is 2.00 bits per heavy atom. The minimum atomic E-state index is -3.68. The van der Waals surface area contributed by atoms with Crippen LogP contribution in [0.2, 0.25) is 5.02 Å². The molecule has 0 amide bonds. The molecule has 2 N–H and O–H groups in total. The van der Waals surface area contributed by atoms with Crippen LogP contribution in [0.4, 0.5) is 5.82 Å². The van der Waals surface area contributed by atoms with Gasteiger partial charge in [-0.05, 0) is 42.3 Å². The predicted molar refractivity (Wildman–Crippen MR) is 125 cm³/mol. The average Bonchev–Trinajstić information content (AvgIpc) is 3.30. The van der Waals surface area contributed by atoms with Crippen molar-refractivity contribution in [2.24, 2.45) is 0 Å². The minimum absolute atomic E-state index is 0.0899. The number of aryl methyl sites for hydroxylation is 2. The highest BCUT2D eigenvalue weighted by molar-refractivity contribution is 9.10. The van der Waals surface area contributed by atoms with E-state index in [2.05, 4.69) is 41.2 Å². The molecule has 0 saturated heterocycles. The molecule has 4 rings (SSSR count). The van der Waals surface area contributed by atoms with Crippen molar-refractivity contribution in [2.45, 2.75) is 25.2 Å². The van der Waals surface area contributed by atoms with Crippen molar-refractivity contribution in [1.82, 2.24) is 24.5 Å². The fourth-order valence-corrected chi connectivity index (χ4v) is 5.29. The lowest BCUT2D eigenvalue weighted by Gasteiger charge is -2.12. The molecule has 1 aromatic carbocycles. The average molecular weight is 540 g/mol. The van der Waals surface area contributed by atoms with Crippen LogP contribution in [0.1, 0.15) is 17.9 Å². The van der Waals surface area contributed by atoms with Crippen LogP contribution in [0.3, 0.4) is 0 Å². The van der Waals surface area contributed by atoms with Gasteiger partial charge in [-0.3, -0.25) is 0 Å². The summed E-state index contributed by atoms with van der Waals surface area (Å²) >= 11 is 9.83. The number of sulfonamides is 1. The summed E-state index contributed by atoms with van der Waals surface area (Å²) in [5.74, 6) is 0.980. The third kappa shape index (κ3) is 4.51. The Hall–Kier alpha value is -2.47. The molecule has 0 aliphatic heterocycles. The number of halogens is 2. The largest absolute Gasteiger partial charge is 0.370 e. The fourth-order valence-electron chi connectivity index (χ4n) is 3.31. The summed E-state index contributed by atoms with van der Waals surface area (Å²) in [6, 6.07) is 9.34. The van der Waals surface area contributed by atoms with E-state index in [1.807, 2.05) is 30.3 Å². The maximum absolute atomic E-state index is 12.5. The van der Waals surface area contributed by atoms with Gasteiger partial charge in [0.1, 0.15) is 16.4 Å². The topological polar surface area (TPSA) is 114 Å². The maximum atomic E-state index is 12.5. The van der Waals surface area contributed by atoms with Crippen LogP contribution >= 0.6 is 27.5 Å². The second kappa shape index (κ2) is 9.18. The summed E-state index contributed by atoms with van der Waals surface area (Å²) in [5, 5.41) is 12.0. The third-order valence-electron chi connectivity index (χ3n) is 4.77. The first-order chi connectivity index (χ1) is 15.3. The van der Waals surface area contributed by atoms with Gasteiger partial charge in [0.15, 0.2) is 11.4 Å². The number of nitrogens with zero attached hydrogens (tertiary/aromatic N) is 4. The zero-order valence-corrected chi connectivity index (χ0v) is 20.4. The van der Waals surface area contributed by atoms with Crippen molar-refractivity contribution in [3.63, 3.8) is 0 Å². The van der Waals surface area contributed by atoms with E-state index in [-0.39, 0.29) is 17.2 Å². The van der Waals surface area contributed by atoms with E-state index in [1.165, 1.54) is 0 Å². The summed E-state index contributed by atoms with van der Waals surface area (Å²) < 4.78 is 35.0. The lowest BCUT2D eigenvalue weighted by Crippen LogP contribution is -2.27. The summed E-state index contributed by atoms with van der Waals surface area (Å²) in [6.07, 6.45) is 2.21. The summed E-state index contributed by atoms with van der Waals surface area (Å²) in [4.78, 5) is 4.76. The van der Waals surface area contributed by atoms with E-state index in [4.69, 9.17) is 16.1 Å². The minimum Gasteiger partial charge on any atom is -0.370 e. The molecule has 0 fully saturated rings. The number of nitrogens with one attached hydrogen (secondary N) is 2. The van der Waals surface area contributed by atoms with Crippen molar-refractivity contribution >= 4 is 49.0 Å². The van der Waals surface area contributed by atoms with E-state index in [0.717, 1.165) is 10.0 Å².